The molecule has 2 aliphatic heterocycles. The van der Waals surface area contributed by atoms with Gasteiger partial charge >= 0.3 is 29.6 Å². The Labute approximate surface area is 108 Å². The zero-order chi connectivity index (χ0) is 10.5. The smallest absolute Gasteiger partial charge is 0.756 e. The molecule has 2 fully saturated rings. The zero-order valence-electron chi connectivity index (χ0n) is 8.27. The second-order valence-electron chi connectivity index (χ2n) is 3.31. The molecule has 9 heteroatoms. The summed E-state index contributed by atoms with van der Waals surface area (Å²) in [7, 11) is -4.46. The maximum absolute atomic E-state index is 10.9. The molecule has 15 heavy (non-hydrogen) atoms. The minimum Gasteiger partial charge on any atom is -0.756 e. The number of phosphoric acid groups is 1. The molecule has 1 unspecified atom stereocenters. The Morgan fingerprint density at radius 1 is 1.27 bits per heavy atom. The Kier molecular flexibility index (Phi) is 4.40. The molecule has 6 atom stereocenters. The van der Waals surface area contributed by atoms with E-state index in [2.05, 4.69) is 9.05 Å². The maximum atomic E-state index is 10.9. The average molecular weight is 248 g/mol. The third kappa shape index (κ3) is 2.63. The van der Waals surface area contributed by atoms with Crippen LogP contribution in [0, 0.1) is 0 Å². The molecule has 0 amide bonds. The third-order valence-corrected chi connectivity index (χ3v) is 3.23. The van der Waals surface area contributed by atoms with Crippen molar-refractivity contribution < 1.29 is 63.0 Å². The van der Waals surface area contributed by atoms with Crippen molar-refractivity contribution in [3.8, 4) is 0 Å². The van der Waals surface area contributed by atoms with E-state index in [1.54, 1.807) is 0 Å². The summed E-state index contributed by atoms with van der Waals surface area (Å²) in [4.78, 5) is 10.9. The molecule has 0 aliphatic carbocycles. The van der Waals surface area contributed by atoms with E-state index in [4.69, 9.17) is 4.74 Å². The SMILES string of the molecule is C[C@@H]1O[C@H]2OP(=O)([O-])O[C@@H]([C@H]1O)[C@H]2O.[Na+]. The number of hydrogen-bond acceptors (Lipinski definition) is 7. The largest absolute Gasteiger partial charge is 1.00 e. The van der Waals surface area contributed by atoms with Gasteiger partial charge < -0.3 is 24.4 Å². The van der Waals surface area contributed by atoms with Crippen LogP contribution in [0.3, 0.4) is 0 Å². The van der Waals surface area contributed by atoms with Crippen molar-refractivity contribution in [3.63, 3.8) is 0 Å². The summed E-state index contributed by atoms with van der Waals surface area (Å²) in [6.07, 6.45) is -5.62. The molecule has 0 radical (unpaired) electrons. The molecule has 7 nitrogen and oxygen atoms in total. The van der Waals surface area contributed by atoms with Crippen molar-refractivity contribution in [2.24, 2.45) is 0 Å². The van der Waals surface area contributed by atoms with E-state index in [1.807, 2.05) is 0 Å². The van der Waals surface area contributed by atoms with Gasteiger partial charge in [-0.25, -0.2) is 0 Å². The first-order valence-corrected chi connectivity index (χ1v) is 5.56. The molecule has 2 bridgehead atoms. The van der Waals surface area contributed by atoms with Gasteiger partial charge in [0.2, 0.25) is 0 Å². The van der Waals surface area contributed by atoms with Crippen LogP contribution in [0.5, 0.6) is 0 Å². The molecule has 0 aromatic carbocycles. The summed E-state index contributed by atoms with van der Waals surface area (Å²) < 4.78 is 24.7. The minimum absolute atomic E-state index is 0. The Bertz CT molecular complexity index is 283. The van der Waals surface area contributed by atoms with Crippen molar-refractivity contribution in [1.82, 2.24) is 0 Å². The van der Waals surface area contributed by atoms with Gasteiger partial charge in [-0.2, -0.15) is 0 Å². The molecule has 0 aromatic heterocycles. The fraction of sp³-hybridized carbons (Fsp3) is 1.00. The van der Waals surface area contributed by atoms with E-state index in [0.717, 1.165) is 0 Å². The fourth-order valence-corrected chi connectivity index (χ4v) is 2.54. The van der Waals surface area contributed by atoms with E-state index < -0.39 is 38.5 Å². The van der Waals surface area contributed by atoms with E-state index in [0.29, 0.717) is 0 Å². The van der Waals surface area contributed by atoms with Gasteiger partial charge in [0, 0.05) is 0 Å². The van der Waals surface area contributed by atoms with Crippen LogP contribution in [-0.4, -0.2) is 40.9 Å². The standard InChI is InChI=1S/C6H11O7P.Na/c1-2-3(7)5-4(8)6(11-2)13-14(9,10)12-5;/h2-8H,1H3,(H,9,10);/q;+1/p-1/t2-,3-,4+,5-,6-;/m0./s1. The van der Waals surface area contributed by atoms with Crippen LogP contribution < -0.4 is 34.5 Å². The Morgan fingerprint density at radius 2 is 1.87 bits per heavy atom. The minimum atomic E-state index is -4.46. The second kappa shape index (κ2) is 4.70. The molecule has 2 saturated heterocycles. The molecule has 2 aliphatic rings. The number of rotatable bonds is 0. The molecule has 0 spiro atoms. The van der Waals surface area contributed by atoms with Crippen molar-refractivity contribution in [2.45, 2.75) is 37.6 Å². The molecule has 0 saturated carbocycles. The number of ether oxygens (including phenoxy) is 1. The van der Waals surface area contributed by atoms with Gasteiger partial charge in [-0.05, 0) is 6.92 Å². The first kappa shape index (κ1) is 14.1. The predicted molar refractivity (Wildman–Crippen MR) is 39.9 cm³/mol. The van der Waals surface area contributed by atoms with Gasteiger partial charge in [0.05, 0.1) is 6.10 Å². The number of aliphatic hydroxyl groups excluding tert-OH is 2. The molecule has 0 aromatic rings. The normalized spacial score (nSPS) is 54.5. The summed E-state index contributed by atoms with van der Waals surface area (Å²) in [6.45, 7) is 1.53. The summed E-state index contributed by atoms with van der Waals surface area (Å²) in [6, 6.07) is 0. The summed E-state index contributed by atoms with van der Waals surface area (Å²) in [5.74, 6) is 0. The predicted octanol–water partition coefficient (Wildman–Crippen LogP) is -4.66. The van der Waals surface area contributed by atoms with Gasteiger partial charge in [0.1, 0.15) is 18.3 Å². The molecular weight excluding hydrogens is 238 g/mol. The number of fused-ring (bicyclic) bond motifs is 2. The van der Waals surface area contributed by atoms with Crippen LogP contribution in [0.4, 0.5) is 0 Å². The Morgan fingerprint density at radius 3 is 2.47 bits per heavy atom. The number of phosphoric ester groups is 1. The van der Waals surface area contributed by atoms with Gasteiger partial charge in [0.25, 0.3) is 7.82 Å². The van der Waals surface area contributed by atoms with Crippen molar-refractivity contribution >= 4 is 7.82 Å². The molecule has 82 valence electrons. The summed E-state index contributed by atoms with van der Waals surface area (Å²) in [5.41, 5.74) is 0. The van der Waals surface area contributed by atoms with Crippen LogP contribution in [0.15, 0.2) is 0 Å². The van der Waals surface area contributed by atoms with E-state index in [9.17, 15) is 19.7 Å². The van der Waals surface area contributed by atoms with Crippen LogP contribution in [0.1, 0.15) is 6.92 Å². The average Bonchev–Trinajstić information content (AvgIpc) is 2.06. The third-order valence-electron chi connectivity index (χ3n) is 2.27. The first-order chi connectivity index (χ1) is 6.41. The monoisotopic (exact) mass is 248 g/mol. The van der Waals surface area contributed by atoms with Crippen molar-refractivity contribution in [1.29, 1.82) is 0 Å². The van der Waals surface area contributed by atoms with Gasteiger partial charge in [-0.15, -0.1) is 0 Å². The molecule has 2 heterocycles. The van der Waals surface area contributed by atoms with Crippen LogP contribution >= 0.6 is 7.82 Å². The Balaban J connectivity index is 0.00000112. The number of hydrogen-bond donors (Lipinski definition) is 2. The molecule has 2 rings (SSSR count). The van der Waals surface area contributed by atoms with E-state index in [1.165, 1.54) is 6.92 Å². The quantitative estimate of drug-likeness (QED) is 0.327. The Hall–Kier alpha value is 0.990. The molecule has 2 N–H and O–H groups in total. The van der Waals surface area contributed by atoms with Crippen LogP contribution in [0.25, 0.3) is 0 Å². The summed E-state index contributed by atoms with van der Waals surface area (Å²) in [5, 5.41) is 18.9. The van der Waals surface area contributed by atoms with Gasteiger partial charge in [-0.3, -0.25) is 9.09 Å². The fourth-order valence-electron chi connectivity index (χ4n) is 1.51. The van der Waals surface area contributed by atoms with Crippen LogP contribution in [-0.2, 0) is 18.3 Å². The topological polar surface area (TPSA) is 108 Å². The van der Waals surface area contributed by atoms with E-state index in [-0.39, 0.29) is 29.6 Å². The van der Waals surface area contributed by atoms with E-state index >= 15 is 0 Å². The number of aliphatic hydroxyl groups is 2. The summed E-state index contributed by atoms with van der Waals surface area (Å²) >= 11 is 0. The van der Waals surface area contributed by atoms with Crippen molar-refractivity contribution in [2.75, 3.05) is 0 Å². The first-order valence-electron chi connectivity index (χ1n) is 4.10. The van der Waals surface area contributed by atoms with Crippen molar-refractivity contribution in [3.05, 3.63) is 0 Å². The van der Waals surface area contributed by atoms with Gasteiger partial charge in [0.15, 0.2) is 6.29 Å². The van der Waals surface area contributed by atoms with Crippen LogP contribution in [0.2, 0.25) is 0 Å². The second-order valence-corrected chi connectivity index (χ2v) is 4.63. The van der Waals surface area contributed by atoms with Gasteiger partial charge in [-0.1, -0.05) is 0 Å². The molecular formula is C6H10NaO7P. The maximum Gasteiger partial charge on any atom is 1.00 e. The zero-order valence-corrected chi connectivity index (χ0v) is 11.2.